The van der Waals surface area contributed by atoms with Crippen LogP contribution in [-0.4, -0.2) is 33.7 Å². The van der Waals surface area contributed by atoms with Crippen LogP contribution in [0.1, 0.15) is 11.1 Å². The average Bonchev–Trinajstić information content (AvgIpc) is 2.79. The van der Waals surface area contributed by atoms with Crippen LogP contribution in [-0.2, 0) is 21.2 Å². The number of hydrogen-bond acceptors (Lipinski definition) is 4. The molecule has 0 fully saturated rings. The van der Waals surface area contributed by atoms with Crippen LogP contribution < -0.4 is 9.62 Å². The number of nitrogens with one attached hydrogen (secondary N) is 1. The lowest BCUT2D eigenvalue weighted by molar-refractivity contribution is -0.119. The number of sulfonamides is 1. The number of amides is 1. The van der Waals surface area contributed by atoms with E-state index in [-0.39, 0.29) is 17.3 Å². The van der Waals surface area contributed by atoms with Gasteiger partial charge in [0.25, 0.3) is 10.0 Å². The van der Waals surface area contributed by atoms with Crippen molar-refractivity contribution in [3.05, 3.63) is 88.9 Å². The zero-order valence-corrected chi connectivity index (χ0v) is 20.3. The first-order valence-corrected chi connectivity index (χ1v) is 13.1. The molecule has 1 amide bonds. The van der Waals surface area contributed by atoms with Crippen LogP contribution in [0.15, 0.2) is 82.6 Å². The number of nitrogens with zero attached hydrogens (tertiary/aromatic N) is 1. The van der Waals surface area contributed by atoms with Crippen LogP contribution in [0, 0.1) is 6.92 Å². The molecule has 0 radical (unpaired) electrons. The Labute approximate surface area is 198 Å². The Morgan fingerprint density at radius 3 is 2.19 bits per heavy atom. The molecule has 0 aliphatic rings. The van der Waals surface area contributed by atoms with Crippen LogP contribution in [0.25, 0.3) is 0 Å². The highest BCUT2D eigenvalue weighted by Crippen LogP contribution is 2.25. The van der Waals surface area contributed by atoms with Crippen molar-refractivity contribution >= 4 is 45.0 Å². The molecule has 8 heteroatoms. The molecule has 0 saturated carbocycles. The van der Waals surface area contributed by atoms with E-state index in [1.54, 1.807) is 48.5 Å². The van der Waals surface area contributed by atoms with E-state index in [2.05, 4.69) is 5.32 Å². The van der Waals surface area contributed by atoms with Gasteiger partial charge in [0, 0.05) is 16.5 Å². The molecule has 5 nitrogen and oxygen atoms in total. The van der Waals surface area contributed by atoms with Crippen molar-refractivity contribution in [3.63, 3.8) is 0 Å². The van der Waals surface area contributed by atoms with Gasteiger partial charge in [-0.1, -0.05) is 41.4 Å². The summed E-state index contributed by atoms with van der Waals surface area (Å²) in [6, 6.07) is 21.1. The number of thioether (sulfide) groups is 1. The number of rotatable bonds is 9. The third-order valence-electron chi connectivity index (χ3n) is 4.91. The molecular formula is C24H25ClN2O3S2. The Morgan fingerprint density at radius 1 is 0.969 bits per heavy atom. The number of anilines is 1. The zero-order valence-electron chi connectivity index (χ0n) is 17.9. The summed E-state index contributed by atoms with van der Waals surface area (Å²) in [4.78, 5) is 13.8. The molecule has 3 rings (SSSR count). The van der Waals surface area contributed by atoms with Crippen LogP contribution in [0.3, 0.4) is 0 Å². The molecule has 0 bridgehead atoms. The van der Waals surface area contributed by atoms with E-state index in [9.17, 15) is 13.2 Å². The molecule has 0 aliphatic heterocycles. The molecule has 0 saturated heterocycles. The predicted octanol–water partition coefficient (Wildman–Crippen LogP) is 4.92. The Kier molecular flexibility index (Phi) is 8.23. The number of aryl methyl sites for hydroxylation is 1. The monoisotopic (exact) mass is 488 g/mol. The highest BCUT2D eigenvalue weighted by Gasteiger charge is 2.27. The fourth-order valence-corrected chi connectivity index (χ4v) is 5.04. The number of halogens is 1. The quantitative estimate of drug-likeness (QED) is 0.434. The van der Waals surface area contributed by atoms with Gasteiger partial charge in [0.15, 0.2) is 0 Å². The molecule has 3 aromatic rings. The van der Waals surface area contributed by atoms with E-state index in [1.807, 2.05) is 37.4 Å². The highest BCUT2D eigenvalue weighted by molar-refractivity contribution is 7.98. The maximum Gasteiger partial charge on any atom is 0.264 e. The van der Waals surface area contributed by atoms with Gasteiger partial charge in [-0.3, -0.25) is 9.10 Å². The Hall–Kier alpha value is -2.48. The first kappa shape index (κ1) is 24.2. The Bertz CT molecular complexity index is 1150. The summed E-state index contributed by atoms with van der Waals surface area (Å²) >= 11 is 7.43. The highest BCUT2D eigenvalue weighted by atomic mass is 35.5. The van der Waals surface area contributed by atoms with E-state index in [4.69, 9.17) is 11.6 Å². The summed E-state index contributed by atoms with van der Waals surface area (Å²) < 4.78 is 28.0. The topological polar surface area (TPSA) is 66.5 Å². The van der Waals surface area contributed by atoms with Crippen LogP contribution in [0.2, 0.25) is 5.02 Å². The Balaban J connectivity index is 1.77. The van der Waals surface area contributed by atoms with Crippen molar-refractivity contribution in [2.45, 2.75) is 23.1 Å². The summed E-state index contributed by atoms with van der Waals surface area (Å²) in [5.74, 6) is -0.371. The summed E-state index contributed by atoms with van der Waals surface area (Å²) in [7, 11) is -3.92. The van der Waals surface area contributed by atoms with Gasteiger partial charge in [-0.2, -0.15) is 0 Å². The number of carbonyl (C=O) groups excluding carboxylic acids is 1. The minimum absolute atomic E-state index is 0.143. The SMILES string of the molecule is CSc1ccc(S(=O)(=O)N(CC(=O)NCCc2ccc(Cl)cc2)c2ccc(C)cc2)cc1. The minimum atomic E-state index is -3.92. The fraction of sp³-hybridized carbons (Fsp3) is 0.208. The summed E-state index contributed by atoms with van der Waals surface area (Å²) in [5.41, 5.74) is 2.48. The van der Waals surface area contributed by atoms with E-state index in [0.29, 0.717) is 23.7 Å². The van der Waals surface area contributed by atoms with Gasteiger partial charge >= 0.3 is 0 Å². The second-order valence-electron chi connectivity index (χ2n) is 7.25. The molecule has 1 N–H and O–H groups in total. The fourth-order valence-electron chi connectivity index (χ4n) is 3.08. The van der Waals surface area contributed by atoms with Crippen molar-refractivity contribution in [1.82, 2.24) is 5.32 Å². The van der Waals surface area contributed by atoms with Crippen molar-refractivity contribution in [2.75, 3.05) is 23.7 Å². The van der Waals surface area contributed by atoms with E-state index >= 15 is 0 Å². The summed E-state index contributed by atoms with van der Waals surface area (Å²) in [5, 5.41) is 3.47. The van der Waals surface area contributed by atoms with Gasteiger partial charge in [0.05, 0.1) is 10.6 Å². The number of benzene rings is 3. The van der Waals surface area contributed by atoms with Crippen molar-refractivity contribution in [3.8, 4) is 0 Å². The van der Waals surface area contributed by atoms with Crippen LogP contribution >= 0.6 is 23.4 Å². The second-order valence-corrected chi connectivity index (χ2v) is 10.4. The smallest absolute Gasteiger partial charge is 0.264 e. The normalized spacial score (nSPS) is 11.2. The van der Waals surface area contributed by atoms with Crippen molar-refractivity contribution in [1.29, 1.82) is 0 Å². The first-order valence-electron chi connectivity index (χ1n) is 10.0. The summed E-state index contributed by atoms with van der Waals surface area (Å²) in [6.45, 7) is 2.01. The molecule has 32 heavy (non-hydrogen) atoms. The third kappa shape index (κ3) is 6.28. The van der Waals surface area contributed by atoms with E-state index in [0.717, 1.165) is 20.3 Å². The molecule has 168 valence electrons. The van der Waals surface area contributed by atoms with Gasteiger partial charge in [-0.05, 0) is 73.7 Å². The van der Waals surface area contributed by atoms with Crippen molar-refractivity contribution < 1.29 is 13.2 Å². The molecule has 0 aliphatic carbocycles. The molecule has 0 spiro atoms. The van der Waals surface area contributed by atoms with Gasteiger partial charge in [0.1, 0.15) is 6.54 Å². The lowest BCUT2D eigenvalue weighted by atomic mass is 10.1. The maximum atomic E-state index is 13.4. The minimum Gasteiger partial charge on any atom is -0.354 e. The summed E-state index contributed by atoms with van der Waals surface area (Å²) in [6.07, 6.45) is 2.55. The van der Waals surface area contributed by atoms with Crippen LogP contribution in [0.5, 0.6) is 0 Å². The van der Waals surface area contributed by atoms with Crippen molar-refractivity contribution in [2.24, 2.45) is 0 Å². The molecular weight excluding hydrogens is 464 g/mol. The van der Waals surface area contributed by atoms with Gasteiger partial charge in [-0.25, -0.2) is 8.42 Å². The third-order valence-corrected chi connectivity index (χ3v) is 7.69. The predicted molar refractivity (Wildman–Crippen MR) is 132 cm³/mol. The lowest BCUT2D eigenvalue weighted by Crippen LogP contribution is -2.41. The largest absolute Gasteiger partial charge is 0.354 e. The van der Waals surface area contributed by atoms with Gasteiger partial charge < -0.3 is 5.32 Å². The molecule has 3 aromatic carbocycles. The molecule has 0 atom stereocenters. The number of carbonyl (C=O) groups is 1. The first-order chi connectivity index (χ1) is 15.3. The molecule has 0 aromatic heterocycles. The standard InChI is InChI=1S/C24H25ClN2O3S2/c1-18-3-9-21(10-4-18)27(32(29,30)23-13-11-22(31-2)12-14-23)17-24(28)26-16-15-19-5-7-20(25)8-6-19/h3-14H,15-17H2,1-2H3,(H,26,28). The average molecular weight is 489 g/mol. The zero-order chi connectivity index (χ0) is 23.1. The number of hydrogen-bond donors (Lipinski definition) is 1. The Morgan fingerprint density at radius 2 is 1.59 bits per heavy atom. The van der Waals surface area contributed by atoms with Crippen LogP contribution in [0.4, 0.5) is 5.69 Å². The van der Waals surface area contributed by atoms with Gasteiger partial charge in [0.2, 0.25) is 5.91 Å². The lowest BCUT2D eigenvalue weighted by Gasteiger charge is -2.24. The molecule has 0 unspecified atom stereocenters. The van der Waals surface area contributed by atoms with Gasteiger partial charge in [-0.15, -0.1) is 11.8 Å². The maximum absolute atomic E-state index is 13.4. The molecule has 0 heterocycles. The van der Waals surface area contributed by atoms with E-state index < -0.39 is 10.0 Å². The van der Waals surface area contributed by atoms with E-state index in [1.165, 1.54) is 11.8 Å². The second kappa shape index (κ2) is 10.9.